The van der Waals surface area contributed by atoms with Crippen molar-refractivity contribution in [3.8, 4) is 6.07 Å². The van der Waals surface area contributed by atoms with Gasteiger partial charge in [0.05, 0.1) is 24.1 Å². The molecule has 49 heavy (non-hydrogen) atoms. The molecule has 3 aliphatic rings. The Bertz CT molecular complexity index is 1830. The summed E-state index contributed by atoms with van der Waals surface area (Å²) in [5.74, 6) is 0.565. The highest BCUT2D eigenvalue weighted by atomic mass is 16.2. The van der Waals surface area contributed by atoms with Crippen LogP contribution in [0.25, 0.3) is 0 Å². The van der Waals surface area contributed by atoms with Crippen molar-refractivity contribution in [2.45, 2.75) is 82.5 Å². The average Bonchev–Trinajstić information content (AvgIpc) is 3.60. The lowest BCUT2D eigenvalue weighted by atomic mass is 9.67. The van der Waals surface area contributed by atoms with Gasteiger partial charge in [0.15, 0.2) is 0 Å². The molecule has 0 unspecified atom stereocenters. The summed E-state index contributed by atoms with van der Waals surface area (Å²) in [5, 5.41) is 18.0. The highest BCUT2D eigenvalue weighted by Gasteiger charge is 2.54. The molecule has 2 aromatic carbocycles. The lowest BCUT2D eigenvalue weighted by Gasteiger charge is -2.37. The summed E-state index contributed by atoms with van der Waals surface area (Å²) in [7, 11) is 6.89. The molecule has 2 N–H and O–H groups in total. The van der Waals surface area contributed by atoms with Crippen molar-refractivity contribution in [3.63, 3.8) is 0 Å². The number of aryl methyl sites for hydroxylation is 2. The Labute approximate surface area is 287 Å². The molecule has 12 heteroatoms. The molecule has 0 radical (unpaired) electrons. The Morgan fingerprint density at radius 1 is 0.980 bits per heavy atom. The number of nitrogens with one attached hydrogen (secondary N) is 2. The van der Waals surface area contributed by atoms with E-state index in [9.17, 15) is 24.4 Å². The minimum absolute atomic E-state index is 0.0713. The summed E-state index contributed by atoms with van der Waals surface area (Å²) in [6.07, 6.45) is 3.29. The first-order chi connectivity index (χ1) is 23.3. The van der Waals surface area contributed by atoms with Crippen LogP contribution in [-0.4, -0.2) is 100 Å². The molecule has 12 nitrogen and oxygen atoms in total. The highest BCUT2D eigenvalue weighted by molar-refractivity contribution is 5.95. The first-order valence-electron chi connectivity index (χ1n) is 17.1. The fraction of sp³-hybridized carbons (Fsp3) is 0.514. The molecule has 1 saturated heterocycles. The van der Waals surface area contributed by atoms with Gasteiger partial charge in [0.2, 0.25) is 5.91 Å². The van der Waals surface area contributed by atoms with Crippen LogP contribution in [0, 0.1) is 17.2 Å². The number of likely N-dealkylation sites (tertiary alicyclic amines) is 1. The highest BCUT2D eigenvalue weighted by Crippen LogP contribution is 2.48. The van der Waals surface area contributed by atoms with Crippen LogP contribution in [0.5, 0.6) is 0 Å². The summed E-state index contributed by atoms with van der Waals surface area (Å²) in [5.41, 5.74) is 3.47. The van der Waals surface area contributed by atoms with Crippen molar-refractivity contribution >= 4 is 17.7 Å². The van der Waals surface area contributed by atoms with Gasteiger partial charge >= 0.3 is 5.69 Å². The third-order valence-corrected chi connectivity index (χ3v) is 10.4. The number of carbonyl (C=O) groups excluding carboxylic acids is 3. The van der Waals surface area contributed by atoms with Crippen LogP contribution in [0.1, 0.15) is 94.9 Å². The number of rotatable bonds is 9. The second kappa shape index (κ2) is 12.9. The molecular formula is C37H46N8O4. The number of amides is 3. The van der Waals surface area contributed by atoms with E-state index < -0.39 is 5.41 Å². The normalized spacial score (nSPS) is 20.8. The van der Waals surface area contributed by atoms with Crippen molar-refractivity contribution in [2.24, 2.45) is 5.92 Å². The largest absolute Gasteiger partial charge is 0.345 e. The Morgan fingerprint density at radius 2 is 1.55 bits per heavy atom. The van der Waals surface area contributed by atoms with Crippen LogP contribution in [0.2, 0.25) is 0 Å². The lowest BCUT2D eigenvalue weighted by Crippen LogP contribution is -2.46. The second-order valence-electron chi connectivity index (χ2n) is 14.6. The third kappa shape index (κ3) is 6.05. The minimum Gasteiger partial charge on any atom is -0.345 e. The third-order valence-electron chi connectivity index (χ3n) is 10.4. The zero-order valence-electron chi connectivity index (χ0n) is 29.4. The van der Waals surface area contributed by atoms with E-state index >= 15 is 0 Å². The molecule has 2 fully saturated rings. The predicted molar refractivity (Wildman–Crippen MR) is 184 cm³/mol. The molecule has 2 heterocycles. The summed E-state index contributed by atoms with van der Waals surface area (Å²) in [6, 6.07) is 13.1. The number of hydrogen-bond donors (Lipinski definition) is 2. The number of fused-ring (bicyclic) bond motifs is 3. The van der Waals surface area contributed by atoms with Gasteiger partial charge in [-0.2, -0.15) is 10.4 Å². The Hall–Kier alpha value is -4.76. The van der Waals surface area contributed by atoms with Crippen molar-refractivity contribution in [2.75, 3.05) is 34.7 Å². The van der Waals surface area contributed by atoms with Gasteiger partial charge in [0.25, 0.3) is 11.8 Å². The van der Waals surface area contributed by atoms with E-state index in [1.807, 2.05) is 57.2 Å². The fourth-order valence-corrected chi connectivity index (χ4v) is 7.90. The zero-order valence-corrected chi connectivity index (χ0v) is 29.4. The van der Waals surface area contributed by atoms with E-state index in [0.717, 1.165) is 35.1 Å². The standard InChI is InChI=1S/C37H46N8O4/c1-21(2)45-36(49)40-35(41-45)37(18-22(3)39-20-32(46)44-28(19-38)16-27-17-31(27)44)29-12-10-25(33(47)42(4)5)14-23(29)8-9-24-15-26(11-13-30(24)37)34(48)43(6)7/h10-15,21-22,27-28,31,39H,8-9,16-18,20H2,1-7H3,(H,40,41,49)/t22-,27+,28-,31-/m0/s1. The fourth-order valence-electron chi connectivity index (χ4n) is 7.90. The summed E-state index contributed by atoms with van der Waals surface area (Å²) in [4.78, 5) is 61.1. The maximum atomic E-state index is 13.5. The van der Waals surface area contributed by atoms with E-state index in [1.165, 1.54) is 4.68 Å². The molecule has 0 spiro atoms. The molecule has 258 valence electrons. The molecule has 1 aliphatic heterocycles. The average molecular weight is 667 g/mol. The predicted octanol–water partition coefficient (Wildman–Crippen LogP) is 2.87. The van der Waals surface area contributed by atoms with Gasteiger partial charge in [0, 0.05) is 51.4 Å². The van der Waals surface area contributed by atoms with Gasteiger partial charge in [-0.3, -0.25) is 19.4 Å². The number of nitriles is 1. The second-order valence-corrected chi connectivity index (χ2v) is 14.6. The van der Waals surface area contributed by atoms with Gasteiger partial charge in [0.1, 0.15) is 11.9 Å². The minimum atomic E-state index is -1.01. The molecule has 2 aliphatic carbocycles. The van der Waals surface area contributed by atoms with Gasteiger partial charge in [-0.1, -0.05) is 12.1 Å². The van der Waals surface area contributed by atoms with Crippen LogP contribution in [0.3, 0.4) is 0 Å². The number of benzene rings is 2. The molecule has 1 saturated carbocycles. The SMILES string of the molecule is CC(C)n1nc(C2(C[C@H](C)NCC(=O)N3[C@H](C#N)C[C@@H]4C[C@@H]43)c3ccc(C(=O)N(C)C)cc3CCc3cc(C(=O)N(C)C)ccc32)[nH]c1=O. The number of aromatic nitrogens is 3. The van der Waals surface area contributed by atoms with Crippen molar-refractivity contribution < 1.29 is 14.4 Å². The smallest absolute Gasteiger partial charge is 0.343 e. The summed E-state index contributed by atoms with van der Waals surface area (Å²) in [6.45, 7) is 5.89. The molecule has 4 atom stereocenters. The van der Waals surface area contributed by atoms with E-state index in [1.54, 1.807) is 42.9 Å². The number of H-pyrrole nitrogens is 1. The number of carbonyl (C=O) groups is 3. The van der Waals surface area contributed by atoms with Crippen molar-refractivity contribution in [3.05, 3.63) is 86.1 Å². The van der Waals surface area contributed by atoms with Crippen LogP contribution in [0.4, 0.5) is 0 Å². The number of aromatic amines is 1. The molecular weight excluding hydrogens is 620 g/mol. The maximum Gasteiger partial charge on any atom is 0.343 e. The molecule has 6 rings (SSSR count). The van der Waals surface area contributed by atoms with E-state index in [0.29, 0.717) is 42.1 Å². The Morgan fingerprint density at radius 3 is 2.04 bits per heavy atom. The van der Waals surface area contributed by atoms with Crippen molar-refractivity contribution in [1.29, 1.82) is 5.26 Å². The lowest BCUT2D eigenvalue weighted by molar-refractivity contribution is -0.131. The number of hydrogen-bond acceptors (Lipinski definition) is 7. The van der Waals surface area contributed by atoms with Crippen LogP contribution in [-0.2, 0) is 23.1 Å². The molecule has 3 aromatic rings. The maximum absolute atomic E-state index is 13.5. The van der Waals surface area contributed by atoms with E-state index in [4.69, 9.17) is 5.10 Å². The number of piperidine rings is 1. The monoisotopic (exact) mass is 666 g/mol. The summed E-state index contributed by atoms with van der Waals surface area (Å²) >= 11 is 0. The Kier molecular flexibility index (Phi) is 9.00. The summed E-state index contributed by atoms with van der Waals surface area (Å²) < 4.78 is 1.44. The van der Waals surface area contributed by atoms with Crippen molar-refractivity contribution in [1.82, 2.24) is 34.8 Å². The van der Waals surface area contributed by atoms with Gasteiger partial charge < -0.3 is 20.0 Å². The topological polar surface area (TPSA) is 147 Å². The Balaban J connectivity index is 1.49. The first kappa shape index (κ1) is 34.1. The van der Waals surface area contributed by atoms with Gasteiger partial charge in [-0.25, -0.2) is 9.48 Å². The van der Waals surface area contributed by atoms with Gasteiger partial charge in [-0.05, 0) is 105 Å². The van der Waals surface area contributed by atoms with Crippen LogP contribution < -0.4 is 11.0 Å². The molecule has 0 bridgehead atoms. The van der Waals surface area contributed by atoms with Crippen LogP contribution in [0.15, 0.2) is 41.2 Å². The quantitative estimate of drug-likeness (QED) is 0.357. The number of nitrogens with zero attached hydrogens (tertiary/aromatic N) is 6. The first-order valence-corrected chi connectivity index (χ1v) is 17.1. The molecule has 1 aromatic heterocycles. The van der Waals surface area contributed by atoms with Gasteiger partial charge in [-0.15, -0.1) is 0 Å². The molecule has 3 amide bonds. The zero-order chi connectivity index (χ0) is 35.4. The van der Waals surface area contributed by atoms with E-state index in [-0.39, 0.29) is 54.1 Å². The van der Waals surface area contributed by atoms with Crippen LogP contribution >= 0.6 is 0 Å². The van der Waals surface area contributed by atoms with E-state index in [2.05, 4.69) is 16.4 Å².